The molecule has 0 atom stereocenters. The Morgan fingerprint density at radius 1 is 0.952 bits per heavy atom. The number of pyridine rings is 1. The van der Waals surface area contributed by atoms with Crippen LogP contribution in [-0.4, -0.2) is 9.36 Å². The average molecular weight is 302 g/mol. The van der Waals surface area contributed by atoms with Crippen LogP contribution < -0.4 is 0 Å². The molecule has 0 fully saturated rings. The zero-order chi connectivity index (χ0) is 15.7. The van der Waals surface area contributed by atoms with E-state index >= 15 is 0 Å². The van der Waals surface area contributed by atoms with Crippen molar-refractivity contribution < 1.29 is 0 Å². The van der Waals surface area contributed by atoms with Gasteiger partial charge in [0, 0.05) is 22.2 Å². The molecule has 2 heterocycles. The van der Waals surface area contributed by atoms with E-state index in [4.69, 9.17) is 0 Å². The van der Waals surface area contributed by atoms with Crippen LogP contribution in [0.15, 0.2) is 24.4 Å². The fourth-order valence-electron chi connectivity index (χ4n) is 2.44. The zero-order valence-electron chi connectivity index (χ0n) is 14.0. The van der Waals surface area contributed by atoms with Gasteiger partial charge in [-0.1, -0.05) is 33.8 Å². The lowest BCUT2D eigenvalue weighted by Crippen LogP contribution is -2.24. The Balaban J connectivity index is 2.08. The van der Waals surface area contributed by atoms with Crippen molar-refractivity contribution in [2.24, 2.45) is 0 Å². The highest BCUT2D eigenvalue weighted by molar-refractivity contribution is 7.06. The van der Waals surface area contributed by atoms with Gasteiger partial charge in [0.25, 0.3) is 0 Å². The first kappa shape index (κ1) is 16.2. The molecule has 0 saturated heterocycles. The van der Waals surface area contributed by atoms with Gasteiger partial charge in [-0.2, -0.15) is 4.37 Å². The second kappa shape index (κ2) is 5.88. The maximum Gasteiger partial charge on any atom is 0.0514 e. The second-order valence-corrected chi connectivity index (χ2v) is 8.09. The quantitative estimate of drug-likeness (QED) is 0.759. The summed E-state index contributed by atoms with van der Waals surface area (Å²) in [5.41, 5.74) is 3.86. The minimum absolute atomic E-state index is 0.150. The highest BCUT2D eigenvalue weighted by Gasteiger charge is 2.28. The van der Waals surface area contributed by atoms with Crippen molar-refractivity contribution in [3.63, 3.8) is 0 Å². The second-order valence-electron chi connectivity index (χ2n) is 7.29. The molecule has 2 aromatic heterocycles. The number of rotatable bonds is 5. The lowest BCUT2D eigenvalue weighted by molar-refractivity contribution is 0.378. The van der Waals surface area contributed by atoms with Gasteiger partial charge in [0.1, 0.15) is 0 Å². The SMILES string of the molecule is Cc1ccc(C(C)(C)CCC(C)(C)c2cc(C)ns2)cn1. The molecule has 0 saturated carbocycles. The third-order valence-electron chi connectivity index (χ3n) is 4.36. The van der Waals surface area contributed by atoms with Crippen molar-refractivity contribution in [2.75, 3.05) is 0 Å². The normalized spacial score (nSPS) is 12.7. The summed E-state index contributed by atoms with van der Waals surface area (Å²) >= 11 is 1.64. The minimum atomic E-state index is 0.150. The first-order valence-corrected chi connectivity index (χ1v) is 8.35. The fraction of sp³-hybridized carbons (Fsp3) is 0.556. The van der Waals surface area contributed by atoms with Crippen LogP contribution >= 0.6 is 11.5 Å². The molecule has 2 nitrogen and oxygen atoms in total. The lowest BCUT2D eigenvalue weighted by atomic mass is 9.75. The molecule has 21 heavy (non-hydrogen) atoms. The largest absolute Gasteiger partial charge is 0.261 e. The number of nitrogens with zero attached hydrogens (tertiary/aromatic N) is 2. The topological polar surface area (TPSA) is 25.8 Å². The van der Waals surface area contributed by atoms with Crippen LogP contribution in [0.4, 0.5) is 0 Å². The van der Waals surface area contributed by atoms with Gasteiger partial charge in [-0.05, 0) is 61.3 Å². The third-order valence-corrected chi connectivity index (χ3v) is 5.61. The first-order chi connectivity index (χ1) is 9.71. The highest BCUT2D eigenvalue weighted by Crippen LogP contribution is 2.37. The van der Waals surface area contributed by atoms with Crippen molar-refractivity contribution in [1.82, 2.24) is 9.36 Å². The fourth-order valence-corrected chi connectivity index (χ4v) is 3.31. The molecular formula is C18H26N2S. The summed E-state index contributed by atoms with van der Waals surface area (Å²) < 4.78 is 4.43. The molecule has 3 heteroatoms. The Labute approximate surface area is 132 Å². The Hall–Kier alpha value is -1.22. The summed E-state index contributed by atoms with van der Waals surface area (Å²) in [6, 6.07) is 6.55. The molecule has 2 aromatic rings. The van der Waals surface area contributed by atoms with Gasteiger partial charge < -0.3 is 0 Å². The van der Waals surface area contributed by atoms with Gasteiger partial charge in [-0.3, -0.25) is 4.98 Å². The molecule has 0 amide bonds. The van der Waals surface area contributed by atoms with E-state index in [1.165, 1.54) is 10.4 Å². The van der Waals surface area contributed by atoms with Crippen molar-refractivity contribution >= 4 is 11.5 Å². The van der Waals surface area contributed by atoms with Crippen molar-refractivity contribution in [2.45, 2.75) is 65.2 Å². The van der Waals surface area contributed by atoms with Crippen molar-refractivity contribution in [3.05, 3.63) is 46.2 Å². The number of hydrogen-bond acceptors (Lipinski definition) is 3. The third kappa shape index (κ3) is 3.91. The first-order valence-electron chi connectivity index (χ1n) is 7.58. The molecular weight excluding hydrogens is 276 g/mol. The van der Waals surface area contributed by atoms with Crippen LogP contribution in [0.25, 0.3) is 0 Å². The molecule has 0 bridgehead atoms. The smallest absolute Gasteiger partial charge is 0.0514 e. The van der Waals surface area contributed by atoms with Gasteiger partial charge in [-0.15, -0.1) is 0 Å². The van der Waals surface area contributed by atoms with E-state index in [2.05, 4.69) is 62.2 Å². The standard InChI is InChI=1S/C18H26N2S/c1-13-7-8-15(12-19-13)17(3,4)9-10-18(5,6)16-11-14(2)20-21-16/h7-8,11-12H,9-10H2,1-6H3. The molecule has 0 unspecified atom stereocenters. The Kier molecular flexibility index (Phi) is 4.52. The summed E-state index contributed by atoms with van der Waals surface area (Å²) in [5, 5.41) is 0. The monoisotopic (exact) mass is 302 g/mol. The predicted octanol–water partition coefficient (Wildman–Crippen LogP) is 5.19. The van der Waals surface area contributed by atoms with Gasteiger partial charge in [0.05, 0.1) is 5.69 Å². The Morgan fingerprint density at radius 3 is 2.14 bits per heavy atom. The molecule has 114 valence electrons. The summed E-state index contributed by atoms with van der Waals surface area (Å²) in [6.45, 7) is 13.4. The lowest BCUT2D eigenvalue weighted by Gasteiger charge is -2.30. The van der Waals surface area contributed by atoms with Crippen LogP contribution in [0.3, 0.4) is 0 Å². The van der Waals surface area contributed by atoms with E-state index in [1.54, 1.807) is 11.5 Å². The average Bonchev–Trinajstić information content (AvgIpc) is 2.85. The number of aromatic nitrogens is 2. The summed E-state index contributed by atoms with van der Waals surface area (Å²) in [7, 11) is 0. The van der Waals surface area contributed by atoms with Crippen LogP contribution in [0.5, 0.6) is 0 Å². The van der Waals surface area contributed by atoms with Crippen LogP contribution in [0.1, 0.15) is 62.4 Å². The van der Waals surface area contributed by atoms with Crippen LogP contribution in [0, 0.1) is 13.8 Å². The molecule has 0 radical (unpaired) electrons. The van der Waals surface area contributed by atoms with E-state index in [1.807, 2.05) is 13.1 Å². The van der Waals surface area contributed by atoms with E-state index < -0.39 is 0 Å². The van der Waals surface area contributed by atoms with Crippen molar-refractivity contribution in [1.29, 1.82) is 0 Å². The highest BCUT2D eigenvalue weighted by atomic mass is 32.1. The molecule has 0 N–H and O–H groups in total. The van der Waals surface area contributed by atoms with Gasteiger partial charge in [-0.25, -0.2) is 0 Å². The molecule has 0 aliphatic heterocycles. The number of hydrogen-bond donors (Lipinski definition) is 0. The van der Waals surface area contributed by atoms with Gasteiger partial charge in [0.2, 0.25) is 0 Å². The van der Waals surface area contributed by atoms with E-state index in [-0.39, 0.29) is 10.8 Å². The maximum atomic E-state index is 4.44. The van der Waals surface area contributed by atoms with Gasteiger partial charge >= 0.3 is 0 Å². The molecule has 0 aromatic carbocycles. The zero-order valence-corrected chi connectivity index (χ0v) is 14.8. The summed E-state index contributed by atoms with van der Waals surface area (Å²) in [5.74, 6) is 0. The number of aryl methyl sites for hydroxylation is 2. The Bertz CT molecular complexity index is 594. The van der Waals surface area contributed by atoms with E-state index in [9.17, 15) is 0 Å². The molecule has 0 spiro atoms. The van der Waals surface area contributed by atoms with Crippen molar-refractivity contribution in [3.8, 4) is 0 Å². The predicted molar refractivity (Wildman–Crippen MR) is 91.1 cm³/mol. The van der Waals surface area contributed by atoms with Gasteiger partial charge in [0.15, 0.2) is 0 Å². The van der Waals surface area contributed by atoms with E-state index in [0.29, 0.717) is 0 Å². The van der Waals surface area contributed by atoms with Crippen LogP contribution in [0.2, 0.25) is 0 Å². The van der Waals surface area contributed by atoms with Crippen LogP contribution in [-0.2, 0) is 10.8 Å². The molecule has 0 aliphatic carbocycles. The summed E-state index contributed by atoms with van der Waals surface area (Å²) in [6.07, 6.45) is 4.32. The summed E-state index contributed by atoms with van der Waals surface area (Å²) in [4.78, 5) is 5.83. The minimum Gasteiger partial charge on any atom is -0.261 e. The molecule has 2 rings (SSSR count). The maximum absolute atomic E-state index is 4.44. The Morgan fingerprint density at radius 2 is 1.62 bits per heavy atom. The molecule has 0 aliphatic rings. The van der Waals surface area contributed by atoms with E-state index in [0.717, 1.165) is 24.2 Å².